The first-order valence-electron chi connectivity index (χ1n) is 5.50. The molecule has 5 heteroatoms. The highest BCUT2D eigenvalue weighted by Crippen LogP contribution is 2.27. The molecule has 1 unspecified atom stereocenters. The van der Waals surface area contributed by atoms with Crippen LogP contribution in [-0.4, -0.2) is 14.9 Å². The van der Waals surface area contributed by atoms with E-state index >= 15 is 0 Å². The zero-order valence-corrected chi connectivity index (χ0v) is 11.5. The summed E-state index contributed by atoms with van der Waals surface area (Å²) in [5, 5.41) is 3.95. The van der Waals surface area contributed by atoms with Gasteiger partial charge in [0.15, 0.2) is 5.82 Å². The molecule has 16 heavy (non-hydrogen) atoms. The second-order valence-electron chi connectivity index (χ2n) is 5.19. The molecule has 2 N–H and O–H groups in total. The van der Waals surface area contributed by atoms with Crippen molar-refractivity contribution in [3.05, 3.63) is 11.7 Å². The maximum Gasteiger partial charge on any atom is 0.246 e. The van der Waals surface area contributed by atoms with E-state index < -0.39 is 5.54 Å². The normalized spacial score (nSPS) is 16.1. The molecule has 1 aromatic heterocycles. The van der Waals surface area contributed by atoms with Crippen LogP contribution < -0.4 is 5.73 Å². The Balaban J connectivity index is 2.66. The number of thioether (sulfide) groups is 1. The molecule has 0 bridgehead atoms. The molecule has 0 fully saturated rings. The Morgan fingerprint density at radius 1 is 1.31 bits per heavy atom. The maximum atomic E-state index is 6.03. The predicted molar refractivity (Wildman–Crippen MR) is 67.2 cm³/mol. The van der Waals surface area contributed by atoms with Crippen molar-refractivity contribution in [2.45, 2.75) is 57.1 Å². The standard InChI is InChI=1S/C11H21N3OS/c1-6-11(5,12)9-13-8(14-15-9)7-16-10(2,3)4/h6-7,12H2,1-5H3. The molecule has 0 aliphatic heterocycles. The van der Waals surface area contributed by atoms with E-state index in [1.807, 2.05) is 13.8 Å². The van der Waals surface area contributed by atoms with E-state index in [9.17, 15) is 0 Å². The van der Waals surface area contributed by atoms with Crippen LogP contribution in [0.3, 0.4) is 0 Å². The van der Waals surface area contributed by atoms with Gasteiger partial charge in [0, 0.05) is 4.75 Å². The minimum Gasteiger partial charge on any atom is -0.337 e. The van der Waals surface area contributed by atoms with Crippen LogP contribution in [0.25, 0.3) is 0 Å². The Labute approximate surface area is 101 Å². The summed E-state index contributed by atoms with van der Waals surface area (Å²) in [5.41, 5.74) is 5.51. The highest BCUT2D eigenvalue weighted by molar-refractivity contribution is 7.99. The van der Waals surface area contributed by atoms with Gasteiger partial charge in [-0.15, -0.1) is 11.8 Å². The minimum atomic E-state index is -0.516. The number of rotatable bonds is 4. The Kier molecular flexibility index (Phi) is 4.02. The minimum absolute atomic E-state index is 0.206. The topological polar surface area (TPSA) is 64.9 Å². The van der Waals surface area contributed by atoms with Crippen molar-refractivity contribution in [1.29, 1.82) is 0 Å². The fraction of sp³-hybridized carbons (Fsp3) is 0.818. The summed E-state index contributed by atoms with van der Waals surface area (Å²) in [6.45, 7) is 10.4. The van der Waals surface area contributed by atoms with Crippen LogP contribution in [-0.2, 0) is 11.3 Å². The molecule has 0 spiro atoms. The first-order chi connectivity index (χ1) is 7.24. The Hall–Kier alpha value is -0.550. The molecule has 1 heterocycles. The zero-order valence-electron chi connectivity index (χ0n) is 10.7. The van der Waals surface area contributed by atoms with E-state index in [4.69, 9.17) is 10.3 Å². The van der Waals surface area contributed by atoms with E-state index in [2.05, 4.69) is 30.9 Å². The first-order valence-corrected chi connectivity index (χ1v) is 6.49. The molecule has 0 aliphatic carbocycles. The van der Waals surface area contributed by atoms with Crippen LogP contribution in [0.1, 0.15) is 52.8 Å². The highest BCUT2D eigenvalue weighted by atomic mass is 32.2. The van der Waals surface area contributed by atoms with Crippen LogP contribution in [0.4, 0.5) is 0 Å². The molecule has 0 aromatic carbocycles. The number of aromatic nitrogens is 2. The first kappa shape index (κ1) is 13.5. The number of hydrogen-bond donors (Lipinski definition) is 1. The van der Waals surface area contributed by atoms with E-state index in [0.717, 1.165) is 18.0 Å². The van der Waals surface area contributed by atoms with Gasteiger partial charge in [-0.2, -0.15) is 4.98 Å². The summed E-state index contributed by atoms with van der Waals surface area (Å²) in [7, 11) is 0. The average molecular weight is 243 g/mol. The van der Waals surface area contributed by atoms with Crippen molar-refractivity contribution >= 4 is 11.8 Å². The number of nitrogens with zero attached hydrogens (tertiary/aromatic N) is 2. The van der Waals surface area contributed by atoms with Crippen molar-refractivity contribution in [2.24, 2.45) is 5.73 Å². The van der Waals surface area contributed by atoms with Crippen molar-refractivity contribution in [3.63, 3.8) is 0 Å². The molecule has 0 aliphatic rings. The van der Waals surface area contributed by atoms with Crippen LogP contribution in [0.2, 0.25) is 0 Å². The van der Waals surface area contributed by atoms with Gasteiger partial charge in [0.1, 0.15) is 0 Å². The third kappa shape index (κ3) is 3.79. The van der Waals surface area contributed by atoms with Crippen molar-refractivity contribution in [3.8, 4) is 0 Å². The Bertz CT molecular complexity index is 341. The van der Waals surface area contributed by atoms with E-state index in [0.29, 0.717) is 5.89 Å². The van der Waals surface area contributed by atoms with Crippen LogP contribution in [0, 0.1) is 0 Å². The van der Waals surface area contributed by atoms with Crippen LogP contribution in [0.15, 0.2) is 4.52 Å². The van der Waals surface area contributed by atoms with Gasteiger partial charge < -0.3 is 10.3 Å². The highest BCUT2D eigenvalue weighted by Gasteiger charge is 2.26. The van der Waals surface area contributed by atoms with Gasteiger partial charge in [-0.3, -0.25) is 0 Å². The molecule has 4 nitrogen and oxygen atoms in total. The lowest BCUT2D eigenvalue weighted by Gasteiger charge is -2.16. The fourth-order valence-corrected chi connectivity index (χ4v) is 1.66. The second kappa shape index (κ2) is 4.75. The average Bonchev–Trinajstić information content (AvgIpc) is 2.62. The van der Waals surface area contributed by atoms with Crippen molar-refractivity contribution in [1.82, 2.24) is 10.1 Å². The Morgan fingerprint density at radius 2 is 1.94 bits per heavy atom. The van der Waals surface area contributed by atoms with Gasteiger partial charge in [0.25, 0.3) is 0 Å². The van der Waals surface area contributed by atoms with Gasteiger partial charge in [0.2, 0.25) is 5.89 Å². The molecule has 0 saturated heterocycles. The molecule has 1 rings (SSSR count). The lowest BCUT2D eigenvalue weighted by atomic mass is 10.0. The molecule has 0 saturated carbocycles. The van der Waals surface area contributed by atoms with E-state index in [-0.39, 0.29) is 4.75 Å². The smallest absolute Gasteiger partial charge is 0.246 e. The molecule has 1 atom stereocenters. The summed E-state index contributed by atoms with van der Waals surface area (Å²) in [6.07, 6.45) is 0.779. The van der Waals surface area contributed by atoms with Gasteiger partial charge in [-0.1, -0.05) is 32.9 Å². The number of hydrogen-bond acceptors (Lipinski definition) is 5. The zero-order chi connectivity index (χ0) is 12.4. The lowest BCUT2D eigenvalue weighted by Crippen LogP contribution is -2.32. The maximum absolute atomic E-state index is 6.03. The summed E-state index contributed by atoms with van der Waals surface area (Å²) in [6, 6.07) is 0. The quantitative estimate of drug-likeness (QED) is 0.880. The number of nitrogens with two attached hydrogens (primary N) is 1. The van der Waals surface area contributed by atoms with Crippen LogP contribution in [0.5, 0.6) is 0 Å². The molecule has 1 aromatic rings. The lowest BCUT2D eigenvalue weighted by molar-refractivity contribution is 0.290. The van der Waals surface area contributed by atoms with Gasteiger partial charge >= 0.3 is 0 Å². The molecule has 0 amide bonds. The third-order valence-corrected chi connectivity index (χ3v) is 3.59. The summed E-state index contributed by atoms with van der Waals surface area (Å²) < 4.78 is 5.39. The summed E-state index contributed by atoms with van der Waals surface area (Å²) >= 11 is 1.79. The van der Waals surface area contributed by atoms with Gasteiger partial charge in [0.05, 0.1) is 11.3 Å². The fourth-order valence-electron chi connectivity index (χ4n) is 0.977. The molecular weight excluding hydrogens is 222 g/mol. The van der Waals surface area contributed by atoms with Crippen molar-refractivity contribution in [2.75, 3.05) is 0 Å². The van der Waals surface area contributed by atoms with E-state index in [1.54, 1.807) is 11.8 Å². The largest absolute Gasteiger partial charge is 0.337 e. The monoisotopic (exact) mass is 243 g/mol. The SMILES string of the molecule is CCC(C)(N)c1nc(CSC(C)(C)C)no1. The van der Waals surface area contributed by atoms with Gasteiger partial charge in [-0.25, -0.2) is 0 Å². The molecular formula is C11H21N3OS. The molecule has 0 radical (unpaired) electrons. The summed E-state index contributed by atoms with van der Waals surface area (Å²) in [5.74, 6) is 2.01. The third-order valence-electron chi connectivity index (χ3n) is 2.33. The Morgan fingerprint density at radius 3 is 2.44 bits per heavy atom. The van der Waals surface area contributed by atoms with Crippen molar-refractivity contribution < 1.29 is 4.52 Å². The summed E-state index contributed by atoms with van der Waals surface area (Å²) in [4.78, 5) is 4.33. The van der Waals surface area contributed by atoms with Crippen LogP contribution >= 0.6 is 11.8 Å². The van der Waals surface area contributed by atoms with E-state index in [1.165, 1.54) is 0 Å². The predicted octanol–water partition coefficient (Wildman–Crippen LogP) is 2.69. The molecule has 92 valence electrons. The second-order valence-corrected chi connectivity index (χ2v) is 6.99. The van der Waals surface area contributed by atoms with Gasteiger partial charge in [-0.05, 0) is 13.3 Å².